The first kappa shape index (κ1) is 16.7. The molecule has 0 spiro atoms. The van der Waals surface area contributed by atoms with Gasteiger partial charge in [0.05, 0.1) is 15.5 Å². The van der Waals surface area contributed by atoms with Crippen molar-refractivity contribution in [3.63, 3.8) is 0 Å². The van der Waals surface area contributed by atoms with E-state index < -0.39 is 14.9 Å². The molecule has 2 aromatic rings. The summed E-state index contributed by atoms with van der Waals surface area (Å²) in [6, 6.07) is 12.1. The molecule has 8 heteroatoms. The monoisotopic (exact) mass is 432 g/mol. The number of nitrogens with zero attached hydrogens (tertiary/aromatic N) is 2. The smallest absolute Gasteiger partial charge is 0.267 e. The average Bonchev–Trinajstić information content (AvgIpc) is 2.50. The molecular weight excluding hydrogens is 419 g/mol. The number of non-ortho nitro benzene ring substituents is 1. The number of anilines is 1. The molecule has 0 saturated carbocycles. The van der Waals surface area contributed by atoms with Gasteiger partial charge in [0.2, 0.25) is 0 Å². The van der Waals surface area contributed by atoms with Gasteiger partial charge >= 0.3 is 0 Å². The first-order chi connectivity index (χ1) is 10.4. The first-order valence-corrected chi connectivity index (χ1v) is 8.91. The fraction of sp³-hybridized carbons (Fsp3) is 0.143. The minimum absolute atomic E-state index is 0.0953. The molecule has 116 valence electrons. The van der Waals surface area contributed by atoms with Gasteiger partial charge in [-0.25, -0.2) is 8.42 Å². The highest BCUT2D eigenvalue weighted by Gasteiger charge is 2.25. The van der Waals surface area contributed by atoms with Crippen LogP contribution in [0.2, 0.25) is 0 Å². The summed E-state index contributed by atoms with van der Waals surface area (Å²) in [6.45, 7) is 1.94. The molecule has 0 heterocycles. The van der Waals surface area contributed by atoms with E-state index in [4.69, 9.17) is 0 Å². The lowest BCUT2D eigenvalue weighted by Crippen LogP contribution is -2.30. The van der Waals surface area contributed by atoms with E-state index in [-0.39, 0.29) is 17.1 Å². The van der Waals surface area contributed by atoms with E-state index in [1.165, 1.54) is 22.5 Å². The zero-order chi connectivity index (χ0) is 16.3. The lowest BCUT2D eigenvalue weighted by Gasteiger charge is -2.22. The van der Waals surface area contributed by atoms with Crippen molar-refractivity contribution in [1.29, 1.82) is 0 Å². The predicted molar refractivity (Wildman–Crippen MR) is 92.5 cm³/mol. The molecule has 2 rings (SSSR count). The summed E-state index contributed by atoms with van der Waals surface area (Å²) in [5, 5.41) is 10.8. The topological polar surface area (TPSA) is 80.5 Å². The second-order valence-electron chi connectivity index (χ2n) is 4.40. The Morgan fingerprint density at radius 1 is 1.18 bits per heavy atom. The van der Waals surface area contributed by atoms with E-state index >= 15 is 0 Å². The molecule has 0 aliphatic rings. The van der Waals surface area contributed by atoms with Crippen LogP contribution in [-0.2, 0) is 10.0 Å². The van der Waals surface area contributed by atoms with Crippen LogP contribution in [0.4, 0.5) is 11.4 Å². The molecule has 0 radical (unpaired) electrons. The van der Waals surface area contributed by atoms with Gasteiger partial charge in [0.15, 0.2) is 0 Å². The SMILES string of the molecule is CCN(c1ccc(I)cc1)S(=O)(=O)c1cccc([N+](=O)[O-])c1. The Kier molecular flexibility index (Phi) is 5.01. The van der Waals surface area contributed by atoms with Crippen LogP contribution in [0, 0.1) is 13.7 Å². The summed E-state index contributed by atoms with van der Waals surface area (Å²) in [4.78, 5) is 10.1. The molecule has 0 N–H and O–H groups in total. The summed E-state index contributed by atoms with van der Waals surface area (Å²) in [6.07, 6.45) is 0. The molecule has 2 aromatic carbocycles. The Morgan fingerprint density at radius 2 is 1.82 bits per heavy atom. The number of benzene rings is 2. The zero-order valence-electron chi connectivity index (χ0n) is 11.6. The van der Waals surface area contributed by atoms with Crippen LogP contribution in [0.1, 0.15) is 6.92 Å². The second-order valence-corrected chi connectivity index (χ2v) is 7.51. The Balaban J connectivity index is 2.49. The molecule has 0 aliphatic carbocycles. The number of rotatable bonds is 5. The van der Waals surface area contributed by atoms with Crippen molar-refractivity contribution in [3.8, 4) is 0 Å². The normalized spacial score (nSPS) is 11.2. The number of hydrogen-bond donors (Lipinski definition) is 0. The maximum atomic E-state index is 12.7. The fourth-order valence-electron chi connectivity index (χ4n) is 1.98. The third-order valence-corrected chi connectivity index (χ3v) is 5.64. The maximum Gasteiger partial charge on any atom is 0.270 e. The maximum absolute atomic E-state index is 12.7. The number of hydrogen-bond acceptors (Lipinski definition) is 4. The molecule has 0 saturated heterocycles. The Morgan fingerprint density at radius 3 is 2.36 bits per heavy atom. The summed E-state index contributed by atoms with van der Waals surface area (Å²) in [5.74, 6) is 0. The lowest BCUT2D eigenvalue weighted by atomic mass is 10.3. The van der Waals surface area contributed by atoms with Crippen molar-refractivity contribution in [3.05, 3.63) is 62.2 Å². The standard InChI is InChI=1S/C14H13IN2O4S/c1-2-16(12-8-6-11(15)7-9-12)22(20,21)14-5-3-4-13(10-14)17(18)19/h3-10H,2H2,1H3. The van der Waals surface area contributed by atoms with Crippen LogP contribution in [0.25, 0.3) is 0 Å². The van der Waals surface area contributed by atoms with Gasteiger partial charge in [-0.2, -0.15) is 0 Å². The highest BCUT2D eigenvalue weighted by Crippen LogP contribution is 2.26. The number of nitro benzene ring substituents is 1. The lowest BCUT2D eigenvalue weighted by molar-refractivity contribution is -0.385. The summed E-state index contributed by atoms with van der Waals surface area (Å²) in [5.41, 5.74) is 0.272. The van der Waals surface area contributed by atoms with Crippen LogP contribution in [0.5, 0.6) is 0 Å². The van der Waals surface area contributed by atoms with Gasteiger partial charge in [0.25, 0.3) is 15.7 Å². The summed E-state index contributed by atoms with van der Waals surface area (Å²) in [7, 11) is -3.85. The van der Waals surface area contributed by atoms with Crippen LogP contribution in [0.15, 0.2) is 53.4 Å². The van der Waals surface area contributed by atoms with Crippen molar-refractivity contribution < 1.29 is 13.3 Å². The second kappa shape index (κ2) is 6.61. The molecule has 0 aliphatic heterocycles. The van der Waals surface area contributed by atoms with Crippen LogP contribution >= 0.6 is 22.6 Å². The van der Waals surface area contributed by atoms with E-state index in [2.05, 4.69) is 22.6 Å². The van der Waals surface area contributed by atoms with Gasteiger partial charge in [-0.05, 0) is 59.8 Å². The van der Waals surface area contributed by atoms with Crippen LogP contribution < -0.4 is 4.31 Å². The highest BCUT2D eigenvalue weighted by atomic mass is 127. The molecule has 0 bridgehead atoms. The molecule has 6 nitrogen and oxygen atoms in total. The van der Waals surface area contributed by atoms with Gasteiger partial charge in [-0.15, -0.1) is 0 Å². The van der Waals surface area contributed by atoms with Gasteiger partial charge in [-0.3, -0.25) is 14.4 Å². The van der Waals surface area contributed by atoms with E-state index in [0.29, 0.717) is 5.69 Å². The summed E-state index contributed by atoms with van der Waals surface area (Å²) >= 11 is 2.13. The van der Waals surface area contributed by atoms with Crippen molar-refractivity contribution in [2.24, 2.45) is 0 Å². The van der Waals surface area contributed by atoms with Crippen LogP contribution in [-0.4, -0.2) is 19.9 Å². The largest absolute Gasteiger partial charge is 0.270 e. The number of nitro groups is 1. The highest BCUT2D eigenvalue weighted by molar-refractivity contribution is 14.1. The van der Waals surface area contributed by atoms with Gasteiger partial charge in [-0.1, -0.05) is 6.07 Å². The third kappa shape index (κ3) is 3.38. The van der Waals surface area contributed by atoms with Gasteiger partial charge in [0, 0.05) is 22.2 Å². The number of sulfonamides is 1. The van der Waals surface area contributed by atoms with E-state index in [1.807, 2.05) is 12.1 Å². The molecule has 22 heavy (non-hydrogen) atoms. The zero-order valence-corrected chi connectivity index (χ0v) is 14.6. The first-order valence-electron chi connectivity index (χ1n) is 6.39. The van der Waals surface area contributed by atoms with Crippen molar-refractivity contribution in [2.75, 3.05) is 10.8 Å². The minimum atomic E-state index is -3.85. The summed E-state index contributed by atoms with van der Waals surface area (Å²) < 4.78 is 27.7. The average molecular weight is 432 g/mol. The van der Waals surface area contributed by atoms with Crippen molar-refractivity contribution in [2.45, 2.75) is 11.8 Å². The van der Waals surface area contributed by atoms with Crippen molar-refractivity contribution >= 4 is 44.0 Å². The van der Waals surface area contributed by atoms with Crippen LogP contribution in [0.3, 0.4) is 0 Å². The van der Waals surface area contributed by atoms with E-state index in [0.717, 1.165) is 9.64 Å². The molecule has 0 fully saturated rings. The fourth-order valence-corrected chi connectivity index (χ4v) is 3.86. The molecule has 0 unspecified atom stereocenters. The Labute approximate surface area is 142 Å². The Bertz CT molecular complexity index is 791. The molecule has 0 amide bonds. The molecule has 0 atom stereocenters. The van der Waals surface area contributed by atoms with Gasteiger partial charge < -0.3 is 0 Å². The minimum Gasteiger partial charge on any atom is -0.267 e. The molecule has 0 aromatic heterocycles. The Hall–Kier alpha value is -1.68. The third-order valence-electron chi connectivity index (χ3n) is 3.02. The number of halogens is 1. The molecular formula is C14H13IN2O4S. The quantitative estimate of drug-likeness (QED) is 0.412. The van der Waals surface area contributed by atoms with Gasteiger partial charge in [0.1, 0.15) is 0 Å². The van der Waals surface area contributed by atoms with E-state index in [1.54, 1.807) is 19.1 Å². The predicted octanol–water partition coefficient (Wildman–Crippen LogP) is 3.41. The van der Waals surface area contributed by atoms with E-state index in [9.17, 15) is 18.5 Å². The van der Waals surface area contributed by atoms with Crippen molar-refractivity contribution in [1.82, 2.24) is 0 Å².